The molecular weight excluding hydrogens is 446 g/mol. The number of ether oxygens (including phenoxy) is 1. The minimum atomic E-state index is -1.26. The molecule has 6 rings (SSSR count). The van der Waals surface area contributed by atoms with Gasteiger partial charge in [-0.05, 0) is 61.9 Å². The number of esters is 1. The molecule has 4 heterocycles. The fourth-order valence-corrected chi connectivity index (χ4v) is 6.43. The van der Waals surface area contributed by atoms with Gasteiger partial charge in [-0.15, -0.1) is 0 Å². The molecule has 1 spiro atoms. The zero-order valence-electron chi connectivity index (χ0n) is 17.7. The molecule has 2 aromatic rings. The number of amides is 3. The predicted octanol–water partition coefficient (Wildman–Crippen LogP) is 2.70. The highest BCUT2D eigenvalue weighted by atomic mass is 35.5. The van der Waals surface area contributed by atoms with Crippen LogP contribution in [0.4, 0.5) is 11.4 Å². The van der Waals surface area contributed by atoms with Gasteiger partial charge in [0.15, 0.2) is 0 Å². The Morgan fingerprint density at radius 1 is 1.12 bits per heavy atom. The Morgan fingerprint density at radius 2 is 1.88 bits per heavy atom. The molecule has 0 aliphatic carbocycles. The number of anilines is 2. The second kappa shape index (κ2) is 6.88. The third-order valence-corrected chi connectivity index (χ3v) is 7.55. The average Bonchev–Trinajstić information content (AvgIpc) is 3.47. The van der Waals surface area contributed by atoms with Gasteiger partial charge in [-0.3, -0.25) is 24.1 Å². The summed E-state index contributed by atoms with van der Waals surface area (Å²) in [6, 6.07) is 11.2. The van der Waals surface area contributed by atoms with Crippen molar-refractivity contribution in [2.24, 2.45) is 11.8 Å². The first-order chi connectivity index (χ1) is 15.8. The molecule has 1 N–H and O–H groups in total. The van der Waals surface area contributed by atoms with E-state index in [0.717, 1.165) is 12.8 Å². The maximum atomic E-state index is 13.9. The van der Waals surface area contributed by atoms with E-state index in [2.05, 4.69) is 10.2 Å². The van der Waals surface area contributed by atoms with E-state index in [4.69, 9.17) is 16.3 Å². The summed E-state index contributed by atoms with van der Waals surface area (Å²) >= 11 is 6.30. The monoisotopic (exact) mass is 465 g/mol. The quantitative estimate of drug-likeness (QED) is 0.416. The highest BCUT2D eigenvalue weighted by Gasteiger charge is 2.74. The molecule has 8 nitrogen and oxygen atoms in total. The molecule has 33 heavy (non-hydrogen) atoms. The molecule has 0 aromatic heterocycles. The van der Waals surface area contributed by atoms with E-state index in [1.54, 1.807) is 42.5 Å². The SMILES string of the molecule is CC(=O)Oc1ccc(N2C(=O)[C@@H]3[C@@H](C2=O)[C@]2(C(=O)Nc4ccc(Cl)cc42)N2CCC[C@@H]32)cc1. The summed E-state index contributed by atoms with van der Waals surface area (Å²) in [5, 5.41) is 3.40. The standard InChI is InChI=1S/C24H20ClN3O5/c1-12(29)33-15-7-5-14(6-8-15)28-21(30)19-18-3-2-10-27(18)24(20(19)22(28)31)16-11-13(25)4-9-17(16)26-23(24)32/h4-9,11,18-20H,2-3,10H2,1H3,(H,26,32)/t18-,19-,20-,24+/m0/s1. The van der Waals surface area contributed by atoms with Crippen LogP contribution in [0.25, 0.3) is 0 Å². The summed E-state index contributed by atoms with van der Waals surface area (Å²) in [6.45, 7) is 1.93. The van der Waals surface area contributed by atoms with Gasteiger partial charge in [-0.2, -0.15) is 0 Å². The van der Waals surface area contributed by atoms with Crippen LogP contribution in [0.15, 0.2) is 42.5 Å². The highest BCUT2D eigenvalue weighted by Crippen LogP contribution is 2.60. The third-order valence-electron chi connectivity index (χ3n) is 7.31. The second-order valence-electron chi connectivity index (χ2n) is 8.92. The smallest absolute Gasteiger partial charge is 0.308 e. The molecule has 4 atom stereocenters. The number of hydrogen-bond donors (Lipinski definition) is 1. The first kappa shape index (κ1) is 20.4. The molecular formula is C24H20ClN3O5. The summed E-state index contributed by atoms with van der Waals surface area (Å²) in [5.41, 5.74) is 0.415. The molecule has 3 saturated heterocycles. The van der Waals surface area contributed by atoms with E-state index in [9.17, 15) is 19.2 Å². The largest absolute Gasteiger partial charge is 0.427 e. The number of carbonyl (C=O) groups is 4. The van der Waals surface area contributed by atoms with Crippen LogP contribution in [0, 0.1) is 11.8 Å². The van der Waals surface area contributed by atoms with E-state index < -0.39 is 29.3 Å². The van der Waals surface area contributed by atoms with Gasteiger partial charge in [0.1, 0.15) is 11.3 Å². The Labute approximate surface area is 194 Å². The maximum Gasteiger partial charge on any atom is 0.308 e. The van der Waals surface area contributed by atoms with E-state index >= 15 is 0 Å². The van der Waals surface area contributed by atoms with E-state index in [1.165, 1.54) is 11.8 Å². The topological polar surface area (TPSA) is 96.0 Å². The van der Waals surface area contributed by atoms with Crippen LogP contribution in [0.3, 0.4) is 0 Å². The maximum absolute atomic E-state index is 13.9. The summed E-state index contributed by atoms with van der Waals surface area (Å²) in [4.78, 5) is 55.5. The summed E-state index contributed by atoms with van der Waals surface area (Å²) in [6.07, 6.45) is 1.59. The van der Waals surface area contributed by atoms with Crippen LogP contribution < -0.4 is 15.0 Å². The summed E-state index contributed by atoms with van der Waals surface area (Å²) in [5.74, 6) is -2.59. The van der Waals surface area contributed by atoms with Crippen molar-refractivity contribution in [3.8, 4) is 5.75 Å². The van der Waals surface area contributed by atoms with Crippen molar-refractivity contribution in [2.45, 2.75) is 31.3 Å². The van der Waals surface area contributed by atoms with Gasteiger partial charge >= 0.3 is 5.97 Å². The van der Waals surface area contributed by atoms with Crippen molar-refractivity contribution in [1.82, 2.24) is 4.90 Å². The van der Waals surface area contributed by atoms with Crippen LogP contribution in [-0.2, 0) is 24.7 Å². The van der Waals surface area contributed by atoms with Crippen molar-refractivity contribution in [3.05, 3.63) is 53.1 Å². The Morgan fingerprint density at radius 3 is 2.61 bits per heavy atom. The first-order valence-electron chi connectivity index (χ1n) is 10.9. The van der Waals surface area contributed by atoms with Gasteiger partial charge in [0.25, 0.3) is 0 Å². The Hall–Kier alpha value is -3.23. The predicted molar refractivity (Wildman–Crippen MR) is 119 cm³/mol. The molecule has 168 valence electrons. The van der Waals surface area contributed by atoms with Gasteiger partial charge in [0.05, 0.1) is 17.5 Å². The highest BCUT2D eigenvalue weighted by molar-refractivity contribution is 6.31. The number of rotatable bonds is 2. The number of halogens is 1. The number of nitrogens with one attached hydrogen (secondary N) is 1. The number of nitrogens with zero attached hydrogens (tertiary/aromatic N) is 2. The van der Waals surface area contributed by atoms with E-state index in [-0.39, 0.29) is 17.9 Å². The molecule has 4 aliphatic rings. The Bertz CT molecular complexity index is 1250. The zero-order chi connectivity index (χ0) is 23.1. The molecule has 2 aromatic carbocycles. The van der Waals surface area contributed by atoms with Gasteiger partial charge in [0, 0.05) is 29.2 Å². The van der Waals surface area contributed by atoms with Crippen molar-refractivity contribution in [1.29, 1.82) is 0 Å². The molecule has 3 fully saturated rings. The molecule has 0 saturated carbocycles. The van der Waals surface area contributed by atoms with Crippen molar-refractivity contribution < 1.29 is 23.9 Å². The van der Waals surface area contributed by atoms with Gasteiger partial charge in [0.2, 0.25) is 17.7 Å². The van der Waals surface area contributed by atoms with Crippen molar-refractivity contribution >= 4 is 46.7 Å². The summed E-state index contributed by atoms with van der Waals surface area (Å²) in [7, 11) is 0. The lowest BCUT2D eigenvalue weighted by atomic mass is 9.75. The molecule has 0 bridgehead atoms. The number of imide groups is 1. The first-order valence-corrected chi connectivity index (χ1v) is 11.3. The third kappa shape index (κ3) is 2.56. The van der Waals surface area contributed by atoms with Gasteiger partial charge < -0.3 is 10.1 Å². The van der Waals surface area contributed by atoms with Crippen LogP contribution in [0.2, 0.25) is 5.02 Å². The van der Waals surface area contributed by atoms with Crippen molar-refractivity contribution in [3.63, 3.8) is 0 Å². The average molecular weight is 466 g/mol. The lowest BCUT2D eigenvalue weighted by Gasteiger charge is -2.36. The number of fused-ring (bicyclic) bond motifs is 7. The zero-order valence-corrected chi connectivity index (χ0v) is 18.5. The number of benzene rings is 2. The minimum Gasteiger partial charge on any atom is -0.427 e. The second-order valence-corrected chi connectivity index (χ2v) is 9.35. The fraction of sp³-hybridized carbons (Fsp3) is 0.333. The Balaban J connectivity index is 1.47. The normalized spacial score (nSPS) is 29.9. The molecule has 3 amide bonds. The fourth-order valence-electron chi connectivity index (χ4n) is 6.26. The molecule has 0 unspecified atom stereocenters. The molecule has 0 radical (unpaired) electrons. The number of carbonyl (C=O) groups excluding carboxylic acids is 4. The van der Waals surface area contributed by atoms with Crippen LogP contribution in [-0.4, -0.2) is 41.2 Å². The van der Waals surface area contributed by atoms with Crippen LogP contribution in [0.1, 0.15) is 25.3 Å². The van der Waals surface area contributed by atoms with Crippen LogP contribution in [0.5, 0.6) is 5.75 Å². The summed E-state index contributed by atoms with van der Waals surface area (Å²) < 4.78 is 5.06. The van der Waals surface area contributed by atoms with Gasteiger partial charge in [-0.25, -0.2) is 4.90 Å². The number of hydrogen-bond acceptors (Lipinski definition) is 6. The van der Waals surface area contributed by atoms with E-state index in [0.29, 0.717) is 34.3 Å². The van der Waals surface area contributed by atoms with Crippen LogP contribution >= 0.6 is 11.6 Å². The minimum absolute atomic E-state index is 0.201. The van der Waals surface area contributed by atoms with Gasteiger partial charge in [-0.1, -0.05) is 11.6 Å². The van der Waals surface area contributed by atoms with Crippen molar-refractivity contribution in [2.75, 3.05) is 16.8 Å². The lowest BCUT2D eigenvalue weighted by molar-refractivity contribution is -0.135. The Kier molecular flexibility index (Phi) is 4.25. The molecule has 4 aliphatic heterocycles. The van der Waals surface area contributed by atoms with E-state index in [1.807, 2.05) is 0 Å². The lowest BCUT2D eigenvalue weighted by Crippen LogP contribution is -2.54. The molecule has 9 heteroatoms.